The number of carbonyl (C=O) groups is 4. The Balaban J connectivity index is 1.57. The van der Waals surface area contributed by atoms with Gasteiger partial charge in [0.05, 0.1) is 17.9 Å². The molecule has 10 nitrogen and oxygen atoms in total. The van der Waals surface area contributed by atoms with Crippen LogP contribution in [0.3, 0.4) is 0 Å². The van der Waals surface area contributed by atoms with Crippen molar-refractivity contribution in [1.82, 2.24) is 15.5 Å². The third kappa shape index (κ3) is 6.79. The molecule has 1 aromatic rings. The lowest BCUT2D eigenvalue weighted by Gasteiger charge is -2.41. The molecule has 0 unspecified atom stereocenters. The molecule has 0 saturated carbocycles. The van der Waals surface area contributed by atoms with E-state index in [-0.39, 0.29) is 29.7 Å². The number of carboxylic acids is 1. The van der Waals surface area contributed by atoms with Gasteiger partial charge >= 0.3 is 5.97 Å². The minimum absolute atomic E-state index is 0.0666. The number of hydrogen-bond donors (Lipinski definition) is 4. The molecule has 1 spiro atoms. The lowest BCUT2D eigenvalue weighted by molar-refractivity contribution is -0.143. The van der Waals surface area contributed by atoms with E-state index < -0.39 is 29.9 Å². The van der Waals surface area contributed by atoms with Gasteiger partial charge in [-0.1, -0.05) is 42.5 Å². The molecule has 2 saturated heterocycles. The quantitative estimate of drug-likeness (QED) is 0.418. The van der Waals surface area contributed by atoms with E-state index in [1.807, 2.05) is 42.5 Å². The van der Waals surface area contributed by atoms with E-state index in [0.717, 1.165) is 5.56 Å². The van der Waals surface area contributed by atoms with Crippen molar-refractivity contribution in [2.24, 2.45) is 17.1 Å². The van der Waals surface area contributed by atoms with E-state index in [1.54, 1.807) is 4.90 Å². The van der Waals surface area contributed by atoms with Crippen LogP contribution in [0.4, 0.5) is 0 Å². The number of nitrogens with one attached hydrogen (secondary N) is 2. The number of allylic oxidation sites excluding steroid dienone is 2. The molecule has 0 aliphatic carbocycles. The summed E-state index contributed by atoms with van der Waals surface area (Å²) in [5.41, 5.74) is 6.17. The average molecular weight is 527 g/mol. The molecule has 206 valence electrons. The van der Waals surface area contributed by atoms with Crippen LogP contribution in [-0.4, -0.2) is 78.1 Å². The van der Waals surface area contributed by atoms with Gasteiger partial charge in [0.1, 0.15) is 6.04 Å². The zero-order valence-electron chi connectivity index (χ0n) is 21.6. The number of amides is 3. The molecular weight excluding hydrogens is 488 g/mol. The van der Waals surface area contributed by atoms with Crippen molar-refractivity contribution in [3.63, 3.8) is 0 Å². The van der Waals surface area contributed by atoms with Crippen molar-refractivity contribution in [3.05, 3.63) is 48.0 Å². The molecule has 3 amide bonds. The first-order valence-electron chi connectivity index (χ1n) is 13.4. The van der Waals surface area contributed by atoms with Crippen LogP contribution in [0.25, 0.3) is 0 Å². The molecule has 10 heteroatoms. The first-order valence-corrected chi connectivity index (χ1v) is 13.4. The van der Waals surface area contributed by atoms with Crippen LogP contribution in [0.2, 0.25) is 0 Å². The molecule has 0 aromatic heterocycles. The number of carbonyl (C=O) groups excluding carboxylic acids is 3. The normalized spacial score (nSPS) is 27.6. The molecule has 4 rings (SSSR count). The minimum Gasteiger partial charge on any atom is -0.481 e. The molecule has 3 aliphatic rings. The van der Waals surface area contributed by atoms with Crippen molar-refractivity contribution < 1.29 is 29.0 Å². The molecule has 5 N–H and O–H groups in total. The van der Waals surface area contributed by atoms with Gasteiger partial charge in [-0.15, -0.1) is 0 Å². The lowest BCUT2D eigenvalue weighted by Crippen LogP contribution is -2.59. The topological polar surface area (TPSA) is 151 Å². The summed E-state index contributed by atoms with van der Waals surface area (Å²) in [6, 6.07) is 7.58. The van der Waals surface area contributed by atoms with E-state index in [9.17, 15) is 19.2 Å². The Morgan fingerprint density at radius 2 is 1.87 bits per heavy atom. The Labute approximate surface area is 223 Å². The van der Waals surface area contributed by atoms with Gasteiger partial charge in [0.2, 0.25) is 17.7 Å². The highest BCUT2D eigenvalue weighted by molar-refractivity contribution is 5.91. The fourth-order valence-electron chi connectivity index (χ4n) is 5.69. The summed E-state index contributed by atoms with van der Waals surface area (Å²) in [7, 11) is 0. The van der Waals surface area contributed by atoms with Crippen molar-refractivity contribution in [1.29, 1.82) is 0 Å². The number of aliphatic carboxylic acids is 1. The molecule has 4 atom stereocenters. The van der Waals surface area contributed by atoms with Gasteiger partial charge in [-0.2, -0.15) is 0 Å². The number of hydrogen-bond acceptors (Lipinski definition) is 6. The number of nitrogens with two attached hydrogens (primary N) is 1. The number of piperidine rings is 1. The Kier molecular flexibility index (Phi) is 9.17. The van der Waals surface area contributed by atoms with E-state index >= 15 is 0 Å². The first kappa shape index (κ1) is 27.8. The highest BCUT2D eigenvalue weighted by Gasteiger charge is 2.42. The SMILES string of the molecule is N[C@@H](CC(=O)O)C(=O)N1CC[C@H]2NC(=O)[C@@H](Cc3ccccc3)NC(=O)C3(C/C=C/C[C@H]2C1)CCOCC3. The predicted molar refractivity (Wildman–Crippen MR) is 140 cm³/mol. The third-order valence-corrected chi connectivity index (χ3v) is 8.04. The fraction of sp³-hybridized carbons (Fsp3) is 0.571. The number of fused-ring (bicyclic) bond motifs is 1. The van der Waals surface area contributed by atoms with Crippen LogP contribution in [0.15, 0.2) is 42.5 Å². The number of nitrogens with zero attached hydrogens (tertiary/aromatic N) is 1. The zero-order valence-corrected chi connectivity index (χ0v) is 21.6. The van der Waals surface area contributed by atoms with Gasteiger partial charge in [-0.25, -0.2) is 0 Å². The third-order valence-electron chi connectivity index (χ3n) is 8.04. The number of benzene rings is 1. The number of ether oxygens (including phenoxy) is 1. The average Bonchev–Trinajstić information content (AvgIpc) is 2.91. The van der Waals surface area contributed by atoms with Gasteiger partial charge in [0, 0.05) is 44.7 Å². The lowest BCUT2D eigenvalue weighted by atomic mass is 9.75. The smallest absolute Gasteiger partial charge is 0.305 e. The zero-order chi connectivity index (χ0) is 27.1. The number of carboxylic acid groups (broad SMARTS) is 1. The first-order chi connectivity index (χ1) is 18.3. The summed E-state index contributed by atoms with van der Waals surface area (Å²) in [6.45, 7) is 1.73. The van der Waals surface area contributed by atoms with Crippen molar-refractivity contribution in [3.8, 4) is 0 Å². The predicted octanol–water partition coefficient (Wildman–Crippen LogP) is 0.996. The maximum Gasteiger partial charge on any atom is 0.305 e. The molecular formula is C28H38N4O6. The van der Waals surface area contributed by atoms with Crippen molar-refractivity contribution >= 4 is 23.7 Å². The Morgan fingerprint density at radius 1 is 1.13 bits per heavy atom. The van der Waals surface area contributed by atoms with Crippen LogP contribution >= 0.6 is 0 Å². The number of rotatable bonds is 5. The standard InChI is InChI=1S/C28H38N4O6/c29-21(17-24(33)34)26(36)32-13-9-22-20(18-32)8-4-5-10-28(11-14-38-15-12-28)27(37)31-23(25(35)30-22)16-19-6-2-1-3-7-19/h1-7,20-23H,8-18,29H2,(H,30,35)(H,31,37)(H,33,34)/b5-4+/t20-,21-,22+,23+/m0/s1. The largest absolute Gasteiger partial charge is 0.481 e. The van der Waals surface area contributed by atoms with Gasteiger partial charge in [-0.3, -0.25) is 19.2 Å². The fourth-order valence-corrected chi connectivity index (χ4v) is 5.69. The van der Waals surface area contributed by atoms with Crippen LogP contribution in [0.5, 0.6) is 0 Å². The Hall–Kier alpha value is -3.24. The molecule has 0 radical (unpaired) electrons. The van der Waals surface area contributed by atoms with E-state index in [4.69, 9.17) is 15.6 Å². The summed E-state index contributed by atoms with van der Waals surface area (Å²) < 4.78 is 5.54. The van der Waals surface area contributed by atoms with Gasteiger partial charge in [0.15, 0.2) is 0 Å². The molecule has 38 heavy (non-hydrogen) atoms. The molecule has 1 aromatic carbocycles. The Bertz CT molecular complexity index is 1040. The van der Waals surface area contributed by atoms with Crippen LogP contribution in [0.1, 0.15) is 44.1 Å². The second kappa shape index (κ2) is 12.5. The second-order valence-corrected chi connectivity index (χ2v) is 10.7. The van der Waals surface area contributed by atoms with E-state index in [0.29, 0.717) is 64.8 Å². The van der Waals surface area contributed by atoms with Gasteiger partial charge in [-0.05, 0) is 37.7 Å². The maximum absolute atomic E-state index is 13.6. The second-order valence-electron chi connectivity index (χ2n) is 10.7. The Morgan fingerprint density at radius 3 is 2.58 bits per heavy atom. The summed E-state index contributed by atoms with van der Waals surface area (Å²) >= 11 is 0. The summed E-state index contributed by atoms with van der Waals surface area (Å²) in [5, 5.41) is 15.3. The van der Waals surface area contributed by atoms with Crippen LogP contribution in [-0.2, 0) is 30.3 Å². The van der Waals surface area contributed by atoms with Crippen molar-refractivity contribution in [2.45, 2.75) is 63.1 Å². The summed E-state index contributed by atoms with van der Waals surface area (Å²) in [6.07, 6.45) is 6.85. The summed E-state index contributed by atoms with van der Waals surface area (Å²) in [5.74, 6) is -1.93. The van der Waals surface area contributed by atoms with Crippen LogP contribution in [0, 0.1) is 11.3 Å². The monoisotopic (exact) mass is 526 g/mol. The van der Waals surface area contributed by atoms with E-state index in [2.05, 4.69) is 10.6 Å². The highest BCUT2D eigenvalue weighted by Crippen LogP contribution is 2.36. The highest BCUT2D eigenvalue weighted by atomic mass is 16.5. The van der Waals surface area contributed by atoms with Gasteiger partial charge in [0.25, 0.3) is 0 Å². The number of likely N-dealkylation sites (tertiary alicyclic amines) is 1. The molecule has 3 heterocycles. The van der Waals surface area contributed by atoms with Crippen molar-refractivity contribution in [2.75, 3.05) is 26.3 Å². The van der Waals surface area contributed by atoms with E-state index in [1.165, 1.54) is 0 Å². The molecule has 3 aliphatic heterocycles. The molecule has 2 fully saturated rings. The summed E-state index contributed by atoms with van der Waals surface area (Å²) in [4.78, 5) is 52.7. The maximum atomic E-state index is 13.6. The molecule has 0 bridgehead atoms. The van der Waals surface area contributed by atoms with Gasteiger partial charge < -0.3 is 31.1 Å². The minimum atomic E-state index is -1.12. The van der Waals surface area contributed by atoms with Crippen LogP contribution < -0.4 is 16.4 Å².